The topological polar surface area (TPSA) is 67.3 Å². The van der Waals surface area contributed by atoms with Gasteiger partial charge < -0.3 is 6.15 Å². The average Bonchev–Trinajstić information content (AvgIpc) is 2.03. The van der Waals surface area contributed by atoms with Crippen LogP contribution in [0.25, 0.3) is 0 Å². The number of anilines is 1. The number of hydrogen-bond donors (Lipinski definition) is 3. The van der Waals surface area contributed by atoms with Gasteiger partial charge in [-0.2, -0.15) is 13.2 Å². The number of halogens is 3. The first-order valence-corrected chi connectivity index (χ1v) is 3.11. The molecule has 13 heavy (non-hydrogen) atoms. The van der Waals surface area contributed by atoms with Crippen LogP contribution in [0.3, 0.4) is 0 Å². The molecule has 0 heterocycles. The molecule has 0 fully saturated rings. The van der Waals surface area contributed by atoms with Crippen molar-refractivity contribution in [2.24, 2.45) is 0 Å². The molecule has 3 nitrogen and oxygen atoms in total. The SMILES string of the molecule is N.ONc1ccc(C(F)(F)F)cc1.[HH].[HH]. The Balaban J connectivity index is -0.000000480. The molecule has 1 aromatic rings. The van der Waals surface area contributed by atoms with Crippen molar-refractivity contribution in [3.8, 4) is 0 Å². The van der Waals surface area contributed by atoms with Crippen molar-refractivity contribution in [1.82, 2.24) is 6.15 Å². The van der Waals surface area contributed by atoms with Gasteiger partial charge in [0.15, 0.2) is 0 Å². The lowest BCUT2D eigenvalue weighted by Crippen LogP contribution is -2.04. The van der Waals surface area contributed by atoms with E-state index in [1.807, 2.05) is 0 Å². The summed E-state index contributed by atoms with van der Waals surface area (Å²) < 4.78 is 35.8. The molecule has 5 N–H and O–H groups in total. The van der Waals surface area contributed by atoms with Crippen molar-refractivity contribution in [2.75, 3.05) is 5.48 Å². The highest BCUT2D eigenvalue weighted by atomic mass is 19.4. The van der Waals surface area contributed by atoms with Gasteiger partial charge >= 0.3 is 6.18 Å². The minimum absolute atomic E-state index is 0. The van der Waals surface area contributed by atoms with Crippen molar-refractivity contribution in [2.45, 2.75) is 6.18 Å². The summed E-state index contributed by atoms with van der Waals surface area (Å²) in [6.45, 7) is 0. The van der Waals surface area contributed by atoms with E-state index in [1.54, 1.807) is 5.48 Å². The number of alkyl halides is 3. The predicted octanol–water partition coefficient (Wildman–Crippen LogP) is 3.16. The van der Waals surface area contributed by atoms with E-state index in [-0.39, 0.29) is 14.7 Å². The summed E-state index contributed by atoms with van der Waals surface area (Å²) in [6.07, 6.45) is -4.33. The van der Waals surface area contributed by atoms with Gasteiger partial charge in [0.25, 0.3) is 0 Å². The fourth-order valence-corrected chi connectivity index (χ4v) is 0.734. The molecule has 0 aliphatic heterocycles. The van der Waals surface area contributed by atoms with Gasteiger partial charge in [0.2, 0.25) is 0 Å². The molecule has 0 aliphatic carbocycles. The molecule has 0 unspecified atom stereocenters. The minimum atomic E-state index is -4.33. The number of rotatable bonds is 1. The van der Waals surface area contributed by atoms with Gasteiger partial charge in [-0.25, -0.2) is 0 Å². The summed E-state index contributed by atoms with van der Waals surface area (Å²) in [5.41, 5.74) is 1.23. The van der Waals surface area contributed by atoms with Gasteiger partial charge in [0, 0.05) is 2.85 Å². The highest BCUT2D eigenvalue weighted by Gasteiger charge is 2.29. The summed E-state index contributed by atoms with van der Waals surface area (Å²) in [5.74, 6) is 0. The molecule has 0 atom stereocenters. The van der Waals surface area contributed by atoms with Crippen molar-refractivity contribution >= 4 is 5.69 Å². The maximum atomic E-state index is 11.9. The van der Waals surface area contributed by atoms with Crippen LogP contribution in [-0.4, -0.2) is 5.21 Å². The van der Waals surface area contributed by atoms with Crippen LogP contribution in [-0.2, 0) is 6.18 Å². The number of nitrogens with one attached hydrogen (secondary N) is 1. The second kappa shape index (κ2) is 4.11. The second-order valence-corrected chi connectivity index (χ2v) is 2.19. The Labute approximate surface area is 75.7 Å². The Morgan fingerprint density at radius 1 is 1.15 bits per heavy atom. The quantitative estimate of drug-likeness (QED) is 0.607. The van der Waals surface area contributed by atoms with Gasteiger partial charge in [-0.3, -0.25) is 10.7 Å². The molecule has 0 spiro atoms. The lowest BCUT2D eigenvalue weighted by molar-refractivity contribution is -0.137. The summed E-state index contributed by atoms with van der Waals surface area (Å²) in [6, 6.07) is 4.06. The molecule has 0 aromatic heterocycles. The second-order valence-electron chi connectivity index (χ2n) is 2.19. The zero-order chi connectivity index (χ0) is 9.19. The monoisotopic (exact) mass is 198 g/mol. The molecule has 78 valence electrons. The van der Waals surface area contributed by atoms with E-state index in [0.29, 0.717) is 0 Å². The largest absolute Gasteiger partial charge is 0.416 e. The standard InChI is InChI=1S/C7H6F3NO.H3N.2H2/c8-7(9,10)5-1-3-6(11-12)4-2-5;;;/h1-4,11-12H;1H3;2*1H. The zero-order valence-electron chi connectivity index (χ0n) is 6.60. The Morgan fingerprint density at radius 3 is 1.92 bits per heavy atom. The van der Waals surface area contributed by atoms with Gasteiger partial charge in [-0.1, -0.05) is 0 Å². The van der Waals surface area contributed by atoms with Gasteiger partial charge in [0.05, 0.1) is 11.3 Å². The molecule has 0 bridgehead atoms. The van der Waals surface area contributed by atoms with Crippen LogP contribution in [0.15, 0.2) is 24.3 Å². The Bertz CT molecular complexity index is 266. The Hall–Kier alpha value is -1.27. The third-order valence-electron chi connectivity index (χ3n) is 1.34. The van der Waals surface area contributed by atoms with Crippen LogP contribution in [0, 0.1) is 0 Å². The molecule has 0 amide bonds. The first kappa shape index (κ1) is 11.7. The third-order valence-corrected chi connectivity index (χ3v) is 1.34. The predicted molar refractivity (Wildman–Crippen MR) is 46.1 cm³/mol. The summed E-state index contributed by atoms with van der Waals surface area (Å²) in [5, 5.41) is 8.30. The highest BCUT2D eigenvalue weighted by Crippen LogP contribution is 2.29. The third kappa shape index (κ3) is 2.92. The summed E-state index contributed by atoms with van der Waals surface area (Å²) >= 11 is 0. The molecular formula is C7H13F3N2O. The van der Waals surface area contributed by atoms with Crippen molar-refractivity contribution in [3.05, 3.63) is 29.8 Å². The lowest BCUT2D eigenvalue weighted by atomic mass is 10.2. The van der Waals surface area contributed by atoms with E-state index in [1.165, 1.54) is 0 Å². The van der Waals surface area contributed by atoms with Gasteiger partial charge in [-0.05, 0) is 24.3 Å². The van der Waals surface area contributed by atoms with Crippen LogP contribution in [0.1, 0.15) is 8.42 Å². The highest BCUT2D eigenvalue weighted by molar-refractivity contribution is 5.42. The fraction of sp³-hybridized carbons (Fsp3) is 0.143. The van der Waals surface area contributed by atoms with Crippen molar-refractivity contribution in [1.29, 1.82) is 0 Å². The summed E-state index contributed by atoms with van der Waals surface area (Å²) in [4.78, 5) is 0. The Kier molecular flexibility index (Phi) is 3.70. The van der Waals surface area contributed by atoms with Crippen molar-refractivity contribution < 1.29 is 21.2 Å². The lowest BCUT2D eigenvalue weighted by Gasteiger charge is -2.06. The molecule has 0 aliphatic rings. The smallest absolute Gasteiger partial charge is 0.344 e. The normalized spacial score (nSPS) is 10.5. The maximum Gasteiger partial charge on any atom is 0.416 e. The van der Waals surface area contributed by atoms with Crippen LogP contribution in [0.4, 0.5) is 18.9 Å². The maximum absolute atomic E-state index is 11.9. The summed E-state index contributed by atoms with van der Waals surface area (Å²) in [7, 11) is 0. The van der Waals surface area contributed by atoms with E-state index >= 15 is 0 Å². The van der Waals surface area contributed by atoms with E-state index < -0.39 is 11.7 Å². The zero-order valence-corrected chi connectivity index (χ0v) is 6.60. The molecule has 0 saturated carbocycles. The van der Waals surface area contributed by atoms with Crippen LogP contribution < -0.4 is 11.6 Å². The van der Waals surface area contributed by atoms with Crippen LogP contribution in [0.5, 0.6) is 0 Å². The molecular weight excluding hydrogens is 185 g/mol. The van der Waals surface area contributed by atoms with E-state index in [9.17, 15) is 13.2 Å². The van der Waals surface area contributed by atoms with Crippen LogP contribution >= 0.6 is 0 Å². The number of hydrogen-bond acceptors (Lipinski definition) is 3. The van der Waals surface area contributed by atoms with Crippen molar-refractivity contribution in [3.63, 3.8) is 0 Å². The molecule has 0 saturated heterocycles. The van der Waals surface area contributed by atoms with Crippen LogP contribution in [0.2, 0.25) is 0 Å². The minimum Gasteiger partial charge on any atom is -0.344 e. The van der Waals surface area contributed by atoms with Gasteiger partial charge in [-0.15, -0.1) is 0 Å². The number of benzene rings is 1. The first-order chi connectivity index (χ1) is 5.54. The van der Waals surface area contributed by atoms with E-state index in [4.69, 9.17) is 5.21 Å². The molecule has 0 radical (unpaired) electrons. The molecule has 1 aromatic carbocycles. The molecule has 6 heteroatoms. The van der Waals surface area contributed by atoms with Gasteiger partial charge in [0.1, 0.15) is 0 Å². The fourth-order valence-electron chi connectivity index (χ4n) is 0.734. The first-order valence-electron chi connectivity index (χ1n) is 3.11. The molecule has 1 rings (SSSR count). The average molecular weight is 198 g/mol. The van der Waals surface area contributed by atoms with E-state index in [0.717, 1.165) is 24.3 Å². The Morgan fingerprint density at radius 2 is 1.62 bits per heavy atom. The van der Waals surface area contributed by atoms with E-state index in [2.05, 4.69) is 0 Å².